The number of carboxylic acids is 1. The monoisotopic (exact) mass is 307 g/mol. The fourth-order valence-corrected chi connectivity index (χ4v) is 3.02. The molecule has 0 amide bonds. The predicted molar refractivity (Wildman–Crippen MR) is 75.7 cm³/mol. The molecule has 1 aromatic rings. The van der Waals surface area contributed by atoms with Crippen molar-refractivity contribution in [3.05, 3.63) is 29.8 Å². The van der Waals surface area contributed by atoms with Gasteiger partial charge in [0.15, 0.2) is 5.79 Å². The summed E-state index contributed by atoms with van der Waals surface area (Å²) in [7, 11) is 0. The van der Waals surface area contributed by atoms with Gasteiger partial charge in [-0.3, -0.25) is 0 Å². The molecule has 120 valence electrons. The first-order valence-corrected chi connectivity index (χ1v) is 7.73. The van der Waals surface area contributed by atoms with Gasteiger partial charge in [0.25, 0.3) is 0 Å². The van der Waals surface area contributed by atoms with Crippen LogP contribution in [0.1, 0.15) is 23.2 Å². The van der Waals surface area contributed by atoms with Crippen LogP contribution in [0.25, 0.3) is 0 Å². The van der Waals surface area contributed by atoms with E-state index >= 15 is 0 Å². The molecule has 0 unspecified atom stereocenters. The molecule has 0 bridgehead atoms. The highest BCUT2D eigenvalue weighted by Gasteiger charge is 2.41. The van der Waals surface area contributed by atoms with E-state index in [4.69, 9.17) is 14.2 Å². The third-order valence-corrected chi connectivity index (χ3v) is 4.35. The second kappa shape index (κ2) is 6.64. The van der Waals surface area contributed by atoms with E-state index < -0.39 is 5.97 Å². The average molecular weight is 307 g/mol. The second-order valence-corrected chi connectivity index (χ2v) is 5.77. The van der Waals surface area contributed by atoms with Crippen molar-refractivity contribution in [2.75, 3.05) is 39.5 Å². The zero-order valence-corrected chi connectivity index (χ0v) is 12.5. The van der Waals surface area contributed by atoms with E-state index in [1.54, 1.807) is 12.1 Å². The second-order valence-electron chi connectivity index (χ2n) is 5.77. The Morgan fingerprint density at radius 3 is 2.41 bits per heavy atom. The molecule has 0 atom stereocenters. The molecular formula is C16H21NO5. The van der Waals surface area contributed by atoms with Gasteiger partial charge in [0.2, 0.25) is 0 Å². The molecule has 0 aliphatic carbocycles. The summed E-state index contributed by atoms with van der Waals surface area (Å²) >= 11 is 0. The van der Waals surface area contributed by atoms with E-state index in [0.717, 1.165) is 32.5 Å². The number of carbonyl (C=O) groups excluding carboxylic acids is 1. The molecule has 3 rings (SSSR count). The van der Waals surface area contributed by atoms with Crippen LogP contribution in [0.4, 0.5) is 0 Å². The lowest BCUT2D eigenvalue weighted by atomic mass is 10.0. The van der Waals surface area contributed by atoms with Crippen LogP contribution in [0.5, 0.6) is 5.75 Å². The lowest BCUT2D eigenvalue weighted by Gasteiger charge is -2.35. The van der Waals surface area contributed by atoms with Crippen LogP contribution in [-0.2, 0) is 9.47 Å². The van der Waals surface area contributed by atoms with Gasteiger partial charge in [0.05, 0.1) is 45.1 Å². The van der Waals surface area contributed by atoms with E-state index in [2.05, 4.69) is 0 Å². The number of hydrogen-bond donors (Lipinski definition) is 1. The quantitative estimate of drug-likeness (QED) is 0.744. The Morgan fingerprint density at radius 2 is 1.82 bits per heavy atom. The maximum atomic E-state index is 10.7. The van der Waals surface area contributed by atoms with Crippen LogP contribution >= 0.6 is 0 Å². The highest BCUT2D eigenvalue weighted by molar-refractivity contribution is 5.85. The van der Waals surface area contributed by atoms with Crippen molar-refractivity contribution in [1.29, 1.82) is 0 Å². The van der Waals surface area contributed by atoms with Crippen LogP contribution in [0.2, 0.25) is 0 Å². The number of quaternary nitrogens is 1. The molecule has 2 aliphatic rings. The van der Waals surface area contributed by atoms with Crippen LogP contribution in [0.15, 0.2) is 24.3 Å². The van der Waals surface area contributed by atoms with Crippen molar-refractivity contribution in [2.45, 2.75) is 18.6 Å². The van der Waals surface area contributed by atoms with E-state index in [1.165, 1.54) is 17.0 Å². The zero-order valence-electron chi connectivity index (χ0n) is 12.5. The summed E-state index contributed by atoms with van der Waals surface area (Å²) in [4.78, 5) is 12.1. The van der Waals surface area contributed by atoms with Gasteiger partial charge >= 0.3 is 0 Å². The Balaban J connectivity index is 1.39. The molecule has 2 fully saturated rings. The molecule has 2 heterocycles. The third-order valence-electron chi connectivity index (χ3n) is 4.35. The number of ether oxygens (including phenoxy) is 3. The summed E-state index contributed by atoms with van der Waals surface area (Å²) < 4.78 is 17.1. The topological polar surface area (TPSA) is 72.3 Å². The summed E-state index contributed by atoms with van der Waals surface area (Å²) in [6.45, 7) is 4.98. The summed E-state index contributed by atoms with van der Waals surface area (Å²) in [6, 6.07) is 6.31. The first-order chi connectivity index (χ1) is 10.7. The minimum Gasteiger partial charge on any atom is -0.545 e. The summed E-state index contributed by atoms with van der Waals surface area (Å²) in [5.41, 5.74) is 0.163. The minimum absolute atomic E-state index is 0.163. The molecule has 0 aromatic heterocycles. The van der Waals surface area contributed by atoms with Gasteiger partial charge in [-0.15, -0.1) is 0 Å². The predicted octanol–water partition coefficient (Wildman–Crippen LogP) is -1.15. The third kappa shape index (κ3) is 3.58. The number of carboxylic acid groups (broad SMARTS) is 1. The maximum absolute atomic E-state index is 10.7. The number of nitrogens with one attached hydrogen (secondary N) is 1. The zero-order chi connectivity index (χ0) is 15.4. The largest absolute Gasteiger partial charge is 0.545 e. The Hall–Kier alpha value is -1.63. The number of benzene rings is 1. The molecule has 1 spiro atoms. The van der Waals surface area contributed by atoms with Crippen LogP contribution in [0.3, 0.4) is 0 Å². The van der Waals surface area contributed by atoms with E-state index in [0.29, 0.717) is 25.6 Å². The van der Waals surface area contributed by atoms with E-state index in [1.807, 2.05) is 0 Å². The molecule has 6 heteroatoms. The van der Waals surface area contributed by atoms with Gasteiger partial charge in [-0.1, -0.05) is 0 Å². The molecule has 2 saturated heterocycles. The standard InChI is InChI=1S/C16H21NO5/c18-15(19)13-1-3-14(4-2-13)20-10-9-17-7-5-16(6-8-17)21-11-12-22-16/h1-4H,5-12H2,(H,18,19). The Bertz CT molecular complexity index is 500. The molecule has 0 radical (unpaired) electrons. The number of hydrogen-bond acceptors (Lipinski definition) is 5. The Kier molecular flexibility index (Phi) is 4.61. The van der Waals surface area contributed by atoms with Gasteiger partial charge < -0.3 is 29.0 Å². The maximum Gasteiger partial charge on any atom is 0.179 e. The highest BCUT2D eigenvalue weighted by atomic mass is 16.7. The minimum atomic E-state index is -1.17. The molecule has 22 heavy (non-hydrogen) atoms. The lowest BCUT2D eigenvalue weighted by Crippen LogP contribution is -3.14. The van der Waals surface area contributed by atoms with Crippen molar-refractivity contribution in [3.8, 4) is 5.75 Å². The van der Waals surface area contributed by atoms with Crippen molar-refractivity contribution in [3.63, 3.8) is 0 Å². The fourth-order valence-electron chi connectivity index (χ4n) is 3.02. The van der Waals surface area contributed by atoms with Crippen LogP contribution in [-0.4, -0.2) is 51.2 Å². The molecule has 0 saturated carbocycles. The van der Waals surface area contributed by atoms with Crippen LogP contribution < -0.4 is 14.7 Å². The number of carbonyl (C=O) groups is 1. The normalized spacial score (nSPS) is 21.1. The van der Waals surface area contributed by atoms with Crippen molar-refractivity contribution >= 4 is 5.97 Å². The van der Waals surface area contributed by atoms with Crippen molar-refractivity contribution < 1.29 is 29.0 Å². The number of rotatable bonds is 5. The summed E-state index contributed by atoms with van der Waals surface area (Å²) in [6.07, 6.45) is 1.87. The van der Waals surface area contributed by atoms with Gasteiger partial charge in [-0.25, -0.2) is 0 Å². The van der Waals surface area contributed by atoms with Gasteiger partial charge in [0, 0.05) is 0 Å². The average Bonchev–Trinajstić information content (AvgIpc) is 2.98. The number of piperidine rings is 1. The number of likely N-dealkylation sites (tertiary alicyclic amines) is 1. The van der Waals surface area contributed by atoms with Gasteiger partial charge in [-0.05, 0) is 29.8 Å². The smallest absolute Gasteiger partial charge is 0.179 e. The molecule has 1 aromatic carbocycles. The SMILES string of the molecule is O=C([O-])c1ccc(OCC[NH+]2CCC3(CC2)OCCO3)cc1. The molecular weight excluding hydrogens is 286 g/mol. The molecule has 6 nitrogen and oxygen atoms in total. The Labute approximate surface area is 129 Å². The molecule has 1 N–H and O–H groups in total. The highest BCUT2D eigenvalue weighted by Crippen LogP contribution is 2.27. The fraction of sp³-hybridized carbons (Fsp3) is 0.562. The summed E-state index contributed by atoms with van der Waals surface area (Å²) in [5, 5.41) is 10.7. The van der Waals surface area contributed by atoms with Crippen LogP contribution in [0, 0.1) is 0 Å². The van der Waals surface area contributed by atoms with Gasteiger partial charge in [0.1, 0.15) is 18.9 Å². The van der Waals surface area contributed by atoms with Crippen molar-refractivity contribution in [1.82, 2.24) is 0 Å². The first kappa shape index (κ1) is 15.3. The Morgan fingerprint density at radius 1 is 1.18 bits per heavy atom. The number of aromatic carboxylic acids is 1. The van der Waals surface area contributed by atoms with Gasteiger partial charge in [-0.2, -0.15) is 0 Å². The van der Waals surface area contributed by atoms with E-state index in [9.17, 15) is 9.90 Å². The van der Waals surface area contributed by atoms with E-state index in [-0.39, 0.29) is 11.4 Å². The summed E-state index contributed by atoms with van der Waals surface area (Å²) in [5.74, 6) is -0.805. The lowest BCUT2D eigenvalue weighted by molar-refractivity contribution is -0.908. The molecule has 2 aliphatic heterocycles. The van der Waals surface area contributed by atoms with Crippen molar-refractivity contribution in [2.24, 2.45) is 0 Å². The first-order valence-electron chi connectivity index (χ1n) is 7.73.